The van der Waals surface area contributed by atoms with Gasteiger partial charge in [-0.2, -0.15) is 0 Å². The highest BCUT2D eigenvalue weighted by atomic mass is 16.1. The van der Waals surface area contributed by atoms with E-state index in [0.29, 0.717) is 12.0 Å². The third-order valence-electron chi connectivity index (χ3n) is 3.44. The summed E-state index contributed by atoms with van der Waals surface area (Å²) in [5.74, 6) is 1.67. The van der Waals surface area contributed by atoms with Gasteiger partial charge in [-0.3, -0.25) is 4.79 Å². The Morgan fingerprint density at radius 1 is 1.44 bits per heavy atom. The molecular weight excluding hydrogens is 200 g/mol. The lowest BCUT2D eigenvalue weighted by atomic mass is 10.0. The first kappa shape index (κ1) is 13.5. The predicted octanol–water partition coefficient (Wildman–Crippen LogP) is 1.93. The molecule has 3 nitrogen and oxygen atoms in total. The molecule has 0 aromatic rings. The van der Waals surface area contributed by atoms with Crippen LogP contribution in [-0.2, 0) is 4.79 Å². The monoisotopic (exact) mass is 226 g/mol. The summed E-state index contributed by atoms with van der Waals surface area (Å²) in [6.45, 7) is 8.16. The van der Waals surface area contributed by atoms with E-state index in [1.807, 2.05) is 0 Å². The number of nitrogens with one attached hydrogen (secondary N) is 2. The highest BCUT2D eigenvalue weighted by Gasteiger charge is 2.23. The van der Waals surface area contributed by atoms with Crippen LogP contribution in [0.2, 0.25) is 0 Å². The van der Waals surface area contributed by atoms with E-state index in [1.54, 1.807) is 0 Å². The summed E-state index contributed by atoms with van der Waals surface area (Å²) in [6.07, 6.45) is 4.49. The Labute approximate surface area is 99.4 Å². The van der Waals surface area contributed by atoms with Crippen molar-refractivity contribution in [3.8, 4) is 0 Å². The zero-order chi connectivity index (χ0) is 12.0. The number of hydrogen-bond donors (Lipinski definition) is 2. The topological polar surface area (TPSA) is 41.1 Å². The number of likely N-dealkylation sites (N-methyl/N-ethyl adjacent to an activating group) is 1. The second-order valence-electron chi connectivity index (χ2n) is 5.25. The second-order valence-corrected chi connectivity index (χ2v) is 5.25. The van der Waals surface area contributed by atoms with E-state index in [0.717, 1.165) is 25.4 Å². The van der Waals surface area contributed by atoms with Crippen molar-refractivity contribution in [1.82, 2.24) is 10.6 Å². The summed E-state index contributed by atoms with van der Waals surface area (Å²) in [5, 5.41) is 6.29. The maximum Gasteiger partial charge on any atom is 0.220 e. The van der Waals surface area contributed by atoms with Crippen LogP contribution >= 0.6 is 0 Å². The van der Waals surface area contributed by atoms with Gasteiger partial charge in [0.2, 0.25) is 5.91 Å². The van der Waals surface area contributed by atoms with Crippen molar-refractivity contribution < 1.29 is 4.79 Å². The Balaban J connectivity index is 2.11. The molecule has 1 saturated carbocycles. The fourth-order valence-corrected chi connectivity index (χ4v) is 2.53. The van der Waals surface area contributed by atoms with E-state index >= 15 is 0 Å². The minimum Gasteiger partial charge on any atom is -0.355 e. The van der Waals surface area contributed by atoms with Gasteiger partial charge in [0.25, 0.3) is 0 Å². The van der Waals surface area contributed by atoms with Crippen molar-refractivity contribution in [3.63, 3.8) is 0 Å². The van der Waals surface area contributed by atoms with Crippen LogP contribution in [0.25, 0.3) is 0 Å². The first-order chi connectivity index (χ1) is 7.61. The Morgan fingerprint density at radius 2 is 2.19 bits per heavy atom. The van der Waals surface area contributed by atoms with Gasteiger partial charge in [-0.15, -0.1) is 0 Å². The maximum atomic E-state index is 11.7. The summed E-state index contributed by atoms with van der Waals surface area (Å²) in [7, 11) is 0. The van der Waals surface area contributed by atoms with Crippen molar-refractivity contribution in [3.05, 3.63) is 0 Å². The molecule has 1 amide bonds. The normalized spacial score (nSPS) is 26.7. The maximum absolute atomic E-state index is 11.7. The lowest BCUT2D eigenvalue weighted by Crippen LogP contribution is -2.39. The largest absolute Gasteiger partial charge is 0.355 e. The molecule has 0 saturated heterocycles. The number of amides is 1. The molecule has 0 aromatic heterocycles. The van der Waals surface area contributed by atoms with Crippen LogP contribution in [0.15, 0.2) is 0 Å². The number of carbonyl (C=O) groups is 1. The Kier molecular flexibility index (Phi) is 5.81. The molecule has 2 N–H and O–H groups in total. The fraction of sp³-hybridized carbons (Fsp3) is 0.923. The SMILES string of the molecule is CCN[C@H](C)CNC(=O)CC1CCC(C)C1. The van der Waals surface area contributed by atoms with Crippen LogP contribution in [-0.4, -0.2) is 25.0 Å². The summed E-state index contributed by atoms with van der Waals surface area (Å²) >= 11 is 0. The smallest absolute Gasteiger partial charge is 0.220 e. The zero-order valence-corrected chi connectivity index (χ0v) is 10.9. The first-order valence-corrected chi connectivity index (χ1v) is 6.61. The summed E-state index contributed by atoms with van der Waals surface area (Å²) in [5.41, 5.74) is 0. The third kappa shape index (κ3) is 4.97. The number of rotatable bonds is 6. The van der Waals surface area contributed by atoms with Crippen LogP contribution in [0.3, 0.4) is 0 Å². The van der Waals surface area contributed by atoms with Gasteiger partial charge in [0.1, 0.15) is 0 Å². The summed E-state index contributed by atoms with van der Waals surface area (Å²) in [6, 6.07) is 0.372. The van der Waals surface area contributed by atoms with E-state index in [9.17, 15) is 4.79 Å². The number of carbonyl (C=O) groups excluding carboxylic acids is 1. The quantitative estimate of drug-likeness (QED) is 0.726. The van der Waals surface area contributed by atoms with Crippen LogP contribution < -0.4 is 10.6 Å². The average molecular weight is 226 g/mol. The van der Waals surface area contributed by atoms with Gasteiger partial charge in [-0.1, -0.05) is 20.3 Å². The van der Waals surface area contributed by atoms with E-state index in [2.05, 4.69) is 31.4 Å². The molecule has 0 radical (unpaired) electrons. The average Bonchev–Trinajstić information content (AvgIpc) is 2.61. The van der Waals surface area contributed by atoms with Crippen molar-refractivity contribution >= 4 is 5.91 Å². The van der Waals surface area contributed by atoms with Gasteiger partial charge in [-0.05, 0) is 38.1 Å². The summed E-state index contributed by atoms with van der Waals surface area (Å²) in [4.78, 5) is 11.7. The lowest BCUT2D eigenvalue weighted by Gasteiger charge is -2.14. The van der Waals surface area contributed by atoms with Gasteiger partial charge in [0.15, 0.2) is 0 Å². The minimum atomic E-state index is 0.226. The van der Waals surface area contributed by atoms with Crippen molar-refractivity contribution in [2.75, 3.05) is 13.1 Å². The first-order valence-electron chi connectivity index (χ1n) is 6.61. The van der Waals surface area contributed by atoms with Gasteiger partial charge in [-0.25, -0.2) is 0 Å². The fourth-order valence-electron chi connectivity index (χ4n) is 2.53. The zero-order valence-electron chi connectivity index (χ0n) is 10.9. The molecule has 2 unspecified atom stereocenters. The predicted molar refractivity (Wildman–Crippen MR) is 67.3 cm³/mol. The van der Waals surface area contributed by atoms with E-state index in [-0.39, 0.29) is 5.91 Å². The molecule has 16 heavy (non-hydrogen) atoms. The van der Waals surface area contributed by atoms with Crippen molar-refractivity contribution in [2.24, 2.45) is 11.8 Å². The molecule has 0 heterocycles. The van der Waals surface area contributed by atoms with Gasteiger partial charge in [0.05, 0.1) is 0 Å². The van der Waals surface area contributed by atoms with E-state index in [1.165, 1.54) is 19.3 Å². The molecular formula is C13H26N2O. The van der Waals surface area contributed by atoms with Gasteiger partial charge < -0.3 is 10.6 Å². The Hall–Kier alpha value is -0.570. The third-order valence-corrected chi connectivity index (χ3v) is 3.44. The lowest BCUT2D eigenvalue weighted by molar-refractivity contribution is -0.122. The molecule has 3 atom stereocenters. The van der Waals surface area contributed by atoms with Crippen LogP contribution in [0.1, 0.15) is 46.5 Å². The molecule has 1 aliphatic carbocycles. The van der Waals surface area contributed by atoms with Gasteiger partial charge in [0, 0.05) is 19.0 Å². The standard InChI is InChI=1S/C13H26N2O/c1-4-14-11(3)9-15-13(16)8-12-6-5-10(2)7-12/h10-12,14H,4-9H2,1-3H3,(H,15,16)/t10?,11-,12?/m1/s1. The van der Waals surface area contributed by atoms with Gasteiger partial charge >= 0.3 is 0 Å². The molecule has 1 fully saturated rings. The van der Waals surface area contributed by atoms with E-state index < -0.39 is 0 Å². The molecule has 94 valence electrons. The van der Waals surface area contributed by atoms with Crippen LogP contribution in [0, 0.1) is 11.8 Å². The van der Waals surface area contributed by atoms with Crippen molar-refractivity contribution in [1.29, 1.82) is 0 Å². The Bertz CT molecular complexity index is 218. The molecule has 3 heteroatoms. The molecule has 0 spiro atoms. The molecule has 1 aliphatic rings. The molecule has 0 aromatic carbocycles. The minimum absolute atomic E-state index is 0.226. The van der Waals surface area contributed by atoms with Crippen molar-refractivity contribution in [2.45, 2.75) is 52.5 Å². The van der Waals surface area contributed by atoms with Crippen LogP contribution in [0.5, 0.6) is 0 Å². The highest BCUT2D eigenvalue weighted by Crippen LogP contribution is 2.32. The Morgan fingerprint density at radius 3 is 2.75 bits per heavy atom. The highest BCUT2D eigenvalue weighted by molar-refractivity contribution is 5.76. The molecule has 0 bridgehead atoms. The summed E-state index contributed by atoms with van der Waals surface area (Å²) < 4.78 is 0. The number of hydrogen-bond acceptors (Lipinski definition) is 2. The second kappa shape index (κ2) is 6.89. The van der Waals surface area contributed by atoms with E-state index in [4.69, 9.17) is 0 Å². The molecule has 1 rings (SSSR count). The van der Waals surface area contributed by atoms with Crippen LogP contribution in [0.4, 0.5) is 0 Å². The molecule has 0 aliphatic heterocycles.